The van der Waals surface area contributed by atoms with E-state index in [-0.39, 0.29) is 11.7 Å². The summed E-state index contributed by atoms with van der Waals surface area (Å²) in [6.07, 6.45) is 0.351. The Balaban J connectivity index is 1.46. The van der Waals surface area contributed by atoms with Crippen molar-refractivity contribution in [3.8, 4) is 0 Å². The fourth-order valence-corrected chi connectivity index (χ4v) is 4.23. The smallest absolute Gasteiger partial charge is 0.239 e. The molecule has 0 unspecified atom stereocenters. The number of nitrogens with one attached hydrogen (secondary N) is 2. The number of benzene rings is 2. The van der Waals surface area contributed by atoms with Gasteiger partial charge in [-0.15, -0.1) is 11.8 Å². The predicted molar refractivity (Wildman–Crippen MR) is 101 cm³/mol. The summed E-state index contributed by atoms with van der Waals surface area (Å²) in [5, 5.41) is 0.636. The van der Waals surface area contributed by atoms with Crippen LogP contribution in [0.25, 0.3) is 10.2 Å². The molecule has 0 aliphatic rings. The third kappa shape index (κ3) is 4.46. The Hall–Kier alpha value is -1.64. The number of hydrazine groups is 1. The van der Waals surface area contributed by atoms with Gasteiger partial charge in [0.05, 0.1) is 10.2 Å². The molecule has 2 N–H and O–H groups in total. The van der Waals surface area contributed by atoms with Crippen LogP contribution in [0.1, 0.15) is 6.42 Å². The highest BCUT2D eigenvalue weighted by Crippen LogP contribution is 2.30. The number of hydrogen-bond donors (Lipinski definition) is 2. The standard InChI is InChI=1S/C16H13BrFN3OS2/c17-12-2-1-3-13-15(12)19-16(24-13)21-20-14(22)8-9-23-11-6-4-10(18)5-7-11/h1-7H,8-9H2,(H,19,21)(H,20,22). The van der Waals surface area contributed by atoms with Gasteiger partial charge in [-0.2, -0.15) is 0 Å². The molecule has 3 rings (SSSR count). The predicted octanol–water partition coefficient (Wildman–Crippen LogP) is 4.82. The Morgan fingerprint density at radius 3 is 2.79 bits per heavy atom. The van der Waals surface area contributed by atoms with E-state index in [0.29, 0.717) is 17.3 Å². The van der Waals surface area contributed by atoms with E-state index in [1.54, 1.807) is 12.1 Å². The second kappa shape index (κ2) is 7.96. The summed E-state index contributed by atoms with van der Waals surface area (Å²) in [6, 6.07) is 12.1. The third-order valence-corrected chi connectivity index (χ3v) is 5.68. The average Bonchev–Trinajstić information content (AvgIpc) is 2.99. The summed E-state index contributed by atoms with van der Waals surface area (Å²) in [4.78, 5) is 17.2. The highest BCUT2D eigenvalue weighted by molar-refractivity contribution is 9.10. The summed E-state index contributed by atoms with van der Waals surface area (Å²) >= 11 is 6.43. The molecule has 0 saturated heterocycles. The van der Waals surface area contributed by atoms with Crippen molar-refractivity contribution >= 4 is 60.3 Å². The molecular formula is C16H13BrFN3OS2. The number of nitrogens with zero attached hydrogens (tertiary/aromatic N) is 1. The molecule has 1 heterocycles. The van der Waals surface area contributed by atoms with E-state index in [4.69, 9.17) is 0 Å². The van der Waals surface area contributed by atoms with E-state index in [1.165, 1.54) is 35.2 Å². The average molecular weight is 426 g/mol. The van der Waals surface area contributed by atoms with Crippen LogP contribution in [0.2, 0.25) is 0 Å². The van der Waals surface area contributed by atoms with Crippen molar-refractivity contribution in [2.45, 2.75) is 11.3 Å². The van der Waals surface area contributed by atoms with E-state index < -0.39 is 0 Å². The number of amides is 1. The van der Waals surface area contributed by atoms with Gasteiger partial charge in [-0.3, -0.25) is 15.6 Å². The van der Waals surface area contributed by atoms with E-state index in [0.717, 1.165) is 19.6 Å². The molecule has 1 aromatic heterocycles. The summed E-state index contributed by atoms with van der Waals surface area (Å²) in [5.74, 6) is 0.233. The largest absolute Gasteiger partial charge is 0.273 e. The molecule has 0 spiro atoms. The maximum Gasteiger partial charge on any atom is 0.239 e. The molecule has 1 amide bonds. The molecule has 0 saturated carbocycles. The zero-order valence-corrected chi connectivity index (χ0v) is 15.6. The number of halogens is 2. The minimum Gasteiger partial charge on any atom is -0.273 e. The molecule has 0 aliphatic heterocycles. The minimum atomic E-state index is -0.260. The highest BCUT2D eigenvalue weighted by Gasteiger charge is 2.07. The number of carbonyl (C=O) groups is 1. The molecule has 124 valence electrons. The number of fused-ring (bicyclic) bond motifs is 1. The van der Waals surface area contributed by atoms with Gasteiger partial charge in [0.25, 0.3) is 0 Å². The van der Waals surface area contributed by atoms with Crippen molar-refractivity contribution in [2.24, 2.45) is 0 Å². The Bertz CT molecular complexity index is 854. The van der Waals surface area contributed by atoms with Crippen LogP contribution in [-0.2, 0) is 4.79 Å². The van der Waals surface area contributed by atoms with Gasteiger partial charge < -0.3 is 0 Å². The van der Waals surface area contributed by atoms with E-state index in [1.807, 2.05) is 18.2 Å². The van der Waals surface area contributed by atoms with Gasteiger partial charge in [0.1, 0.15) is 5.82 Å². The normalized spacial score (nSPS) is 10.8. The molecule has 4 nitrogen and oxygen atoms in total. The first-order chi connectivity index (χ1) is 11.6. The summed E-state index contributed by atoms with van der Waals surface area (Å²) in [5.41, 5.74) is 6.36. The molecule has 0 bridgehead atoms. The lowest BCUT2D eigenvalue weighted by Gasteiger charge is -2.05. The van der Waals surface area contributed by atoms with Crippen molar-refractivity contribution in [1.29, 1.82) is 0 Å². The van der Waals surface area contributed by atoms with E-state index in [2.05, 4.69) is 31.8 Å². The van der Waals surface area contributed by atoms with Crippen molar-refractivity contribution in [3.05, 3.63) is 52.8 Å². The first-order valence-electron chi connectivity index (χ1n) is 7.10. The van der Waals surface area contributed by atoms with Gasteiger partial charge in [0.2, 0.25) is 11.0 Å². The lowest BCUT2D eigenvalue weighted by molar-refractivity contribution is -0.120. The van der Waals surface area contributed by atoms with Crippen molar-refractivity contribution in [3.63, 3.8) is 0 Å². The van der Waals surface area contributed by atoms with Crippen LogP contribution in [0, 0.1) is 5.82 Å². The van der Waals surface area contributed by atoms with Crippen LogP contribution in [0.3, 0.4) is 0 Å². The molecule has 0 radical (unpaired) electrons. The fourth-order valence-electron chi connectivity index (χ4n) is 1.95. The summed E-state index contributed by atoms with van der Waals surface area (Å²) < 4.78 is 14.8. The maximum absolute atomic E-state index is 12.8. The zero-order valence-electron chi connectivity index (χ0n) is 12.4. The van der Waals surface area contributed by atoms with Crippen LogP contribution in [-0.4, -0.2) is 16.6 Å². The highest BCUT2D eigenvalue weighted by atomic mass is 79.9. The van der Waals surface area contributed by atoms with Gasteiger partial charge in [0, 0.05) is 21.5 Å². The first kappa shape index (κ1) is 17.2. The topological polar surface area (TPSA) is 54.0 Å². The number of anilines is 1. The van der Waals surface area contributed by atoms with E-state index >= 15 is 0 Å². The lowest BCUT2D eigenvalue weighted by atomic mass is 10.3. The second-order valence-corrected chi connectivity index (χ2v) is 7.88. The molecule has 3 aromatic rings. The minimum absolute atomic E-state index is 0.122. The van der Waals surface area contributed by atoms with Crippen LogP contribution in [0.15, 0.2) is 51.8 Å². The van der Waals surface area contributed by atoms with Crippen LogP contribution in [0.4, 0.5) is 9.52 Å². The monoisotopic (exact) mass is 425 g/mol. The molecule has 8 heteroatoms. The second-order valence-electron chi connectivity index (χ2n) is 4.83. The number of para-hydroxylation sites is 1. The lowest BCUT2D eigenvalue weighted by Crippen LogP contribution is -2.29. The molecule has 0 fully saturated rings. The number of rotatable bonds is 6. The first-order valence-corrected chi connectivity index (χ1v) is 9.69. The number of hydrogen-bond acceptors (Lipinski definition) is 5. The van der Waals surface area contributed by atoms with Gasteiger partial charge >= 0.3 is 0 Å². The SMILES string of the molecule is O=C(CCSc1ccc(F)cc1)NNc1nc2c(Br)cccc2s1. The molecule has 0 aliphatic carbocycles. The van der Waals surface area contributed by atoms with Crippen molar-refractivity contribution < 1.29 is 9.18 Å². The number of carbonyl (C=O) groups excluding carboxylic acids is 1. The summed E-state index contributed by atoms with van der Waals surface area (Å²) in [7, 11) is 0. The van der Waals surface area contributed by atoms with Gasteiger partial charge in [-0.05, 0) is 52.3 Å². The summed E-state index contributed by atoms with van der Waals surface area (Å²) in [6.45, 7) is 0. The van der Waals surface area contributed by atoms with Crippen LogP contribution >= 0.6 is 39.0 Å². The molecule has 24 heavy (non-hydrogen) atoms. The molecular weight excluding hydrogens is 413 g/mol. The number of aromatic nitrogens is 1. The molecule has 0 atom stereocenters. The maximum atomic E-state index is 12.8. The number of thiazole rings is 1. The van der Waals surface area contributed by atoms with Crippen LogP contribution < -0.4 is 10.9 Å². The number of thioether (sulfide) groups is 1. The van der Waals surface area contributed by atoms with E-state index in [9.17, 15) is 9.18 Å². The van der Waals surface area contributed by atoms with Gasteiger partial charge in [-0.1, -0.05) is 17.4 Å². The Morgan fingerprint density at radius 1 is 1.25 bits per heavy atom. The molecule has 2 aromatic carbocycles. The van der Waals surface area contributed by atoms with Crippen LogP contribution in [0.5, 0.6) is 0 Å². The Morgan fingerprint density at radius 2 is 2.04 bits per heavy atom. The van der Waals surface area contributed by atoms with Crippen molar-refractivity contribution in [1.82, 2.24) is 10.4 Å². The van der Waals surface area contributed by atoms with Gasteiger partial charge in [-0.25, -0.2) is 9.37 Å². The van der Waals surface area contributed by atoms with Crippen molar-refractivity contribution in [2.75, 3.05) is 11.2 Å². The van der Waals surface area contributed by atoms with Gasteiger partial charge in [0.15, 0.2) is 0 Å². The fraction of sp³-hybridized carbons (Fsp3) is 0.125. The third-order valence-electron chi connectivity index (χ3n) is 3.09. The quantitative estimate of drug-likeness (QED) is 0.438. The Labute approximate surface area is 155 Å². The Kier molecular flexibility index (Phi) is 5.70. The zero-order chi connectivity index (χ0) is 16.9.